The summed E-state index contributed by atoms with van der Waals surface area (Å²) in [5.41, 5.74) is 6.62. The number of halogens is 1. The lowest BCUT2D eigenvalue weighted by Crippen LogP contribution is -2.29. The number of hydrogen-bond acceptors (Lipinski definition) is 4. The minimum absolute atomic E-state index is 0.0600. The molecule has 5 nitrogen and oxygen atoms in total. The molecule has 0 bridgehead atoms. The van der Waals surface area contributed by atoms with Gasteiger partial charge in [-0.2, -0.15) is 0 Å². The molecule has 5 N–H and O–H groups in total. The summed E-state index contributed by atoms with van der Waals surface area (Å²) in [6.07, 6.45) is 1.68. The van der Waals surface area contributed by atoms with Crippen molar-refractivity contribution in [3.8, 4) is 0 Å². The number of aliphatic hydroxyl groups is 1. The highest BCUT2D eigenvalue weighted by Gasteiger charge is 2.16. The summed E-state index contributed by atoms with van der Waals surface area (Å²) < 4.78 is 13.5. The monoisotopic (exact) mass is 297 g/mol. The Balaban J connectivity index is 2.61. The van der Waals surface area contributed by atoms with Gasteiger partial charge in [0.15, 0.2) is 5.84 Å². The molecule has 0 saturated carbocycles. The number of aliphatic hydroxyl groups excluding tert-OH is 1. The van der Waals surface area contributed by atoms with Crippen LogP contribution in [0.25, 0.3) is 0 Å². The molecule has 0 atom stereocenters. The minimum atomic E-state index is -0.421. The molecular formula is C15H24FN3O2. The topological polar surface area (TPSA) is 90.9 Å². The van der Waals surface area contributed by atoms with Crippen LogP contribution < -0.4 is 11.1 Å². The number of nitrogens with zero attached hydrogens (tertiary/aromatic N) is 1. The Morgan fingerprint density at radius 1 is 1.38 bits per heavy atom. The van der Waals surface area contributed by atoms with Crippen molar-refractivity contribution >= 4 is 5.84 Å². The Kier molecular flexibility index (Phi) is 6.58. The van der Waals surface area contributed by atoms with E-state index in [4.69, 9.17) is 16.0 Å². The van der Waals surface area contributed by atoms with Gasteiger partial charge in [-0.3, -0.25) is 0 Å². The van der Waals surface area contributed by atoms with Crippen LogP contribution in [0, 0.1) is 11.2 Å². The van der Waals surface area contributed by atoms with E-state index in [-0.39, 0.29) is 17.9 Å². The summed E-state index contributed by atoms with van der Waals surface area (Å²) >= 11 is 0. The van der Waals surface area contributed by atoms with Gasteiger partial charge in [0.1, 0.15) is 5.82 Å². The van der Waals surface area contributed by atoms with Crippen LogP contribution in [-0.2, 0) is 6.54 Å². The predicted molar refractivity (Wildman–Crippen MR) is 80.7 cm³/mol. The molecule has 0 aliphatic rings. The van der Waals surface area contributed by atoms with Crippen molar-refractivity contribution in [3.05, 3.63) is 35.1 Å². The first-order valence-corrected chi connectivity index (χ1v) is 6.97. The SMILES string of the molecule is CC(C)(CCCO)CNCc1cc(F)cc(/C(N)=N/O)c1. The second kappa shape index (κ2) is 7.95. The van der Waals surface area contributed by atoms with Crippen molar-refractivity contribution in [2.75, 3.05) is 13.2 Å². The normalized spacial score (nSPS) is 12.7. The summed E-state index contributed by atoms with van der Waals surface area (Å²) in [5.74, 6) is -0.533. The van der Waals surface area contributed by atoms with Gasteiger partial charge in [-0.15, -0.1) is 0 Å². The molecule has 21 heavy (non-hydrogen) atoms. The van der Waals surface area contributed by atoms with E-state index in [0.29, 0.717) is 12.1 Å². The molecule has 0 unspecified atom stereocenters. The average Bonchev–Trinajstić information content (AvgIpc) is 2.43. The van der Waals surface area contributed by atoms with E-state index >= 15 is 0 Å². The van der Waals surface area contributed by atoms with Crippen LogP contribution in [0.15, 0.2) is 23.4 Å². The van der Waals surface area contributed by atoms with Gasteiger partial charge in [0.2, 0.25) is 0 Å². The highest BCUT2D eigenvalue weighted by Crippen LogP contribution is 2.21. The van der Waals surface area contributed by atoms with E-state index in [9.17, 15) is 4.39 Å². The standard InChI is InChI=1S/C15H24FN3O2/c1-15(2,4-3-5-20)10-18-9-11-6-12(14(17)19-21)8-13(16)7-11/h6-8,18,20-21H,3-5,9-10H2,1-2H3,(H2,17,19). The van der Waals surface area contributed by atoms with Crippen LogP contribution in [0.5, 0.6) is 0 Å². The number of oxime groups is 1. The molecule has 1 rings (SSSR count). The summed E-state index contributed by atoms with van der Waals surface area (Å²) in [5, 5.41) is 23.7. The largest absolute Gasteiger partial charge is 0.409 e. The number of nitrogens with one attached hydrogen (secondary N) is 1. The van der Waals surface area contributed by atoms with Gasteiger partial charge in [0.25, 0.3) is 0 Å². The molecule has 0 fully saturated rings. The van der Waals surface area contributed by atoms with Crippen molar-refractivity contribution in [3.63, 3.8) is 0 Å². The number of benzene rings is 1. The third-order valence-electron chi connectivity index (χ3n) is 3.31. The first-order valence-electron chi connectivity index (χ1n) is 6.97. The van der Waals surface area contributed by atoms with Crippen LogP contribution in [0.1, 0.15) is 37.8 Å². The van der Waals surface area contributed by atoms with Gasteiger partial charge in [-0.1, -0.05) is 19.0 Å². The number of nitrogens with two attached hydrogens (primary N) is 1. The van der Waals surface area contributed by atoms with E-state index in [1.165, 1.54) is 12.1 Å². The van der Waals surface area contributed by atoms with Gasteiger partial charge in [-0.25, -0.2) is 4.39 Å². The van der Waals surface area contributed by atoms with Crippen molar-refractivity contribution in [2.45, 2.75) is 33.2 Å². The first-order chi connectivity index (χ1) is 9.88. The molecule has 0 aromatic heterocycles. The van der Waals surface area contributed by atoms with Crippen LogP contribution in [0.3, 0.4) is 0 Å². The van der Waals surface area contributed by atoms with Crippen molar-refractivity contribution in [2.24, 2.45) is 16.3 Å². The third kappa shape index (κ3) is 6.10. The molecule has 0 spiro atoms. The zero-order valence-corrected chi connectivity index (χ0v) is 12.6. The summed E-state index contributed by atoms with van der Waals surface area (Å²) in [6.45, 7) is 5.66. The lowest BCUT2D eigenvalue weighted by molar-refractivity contribution is 0.236. The maximum Gasteiger partial charge on any atom is 0.170 e. The van der Waals surface area contributed by atoms with Crippen molar-refractivity contribution in [1.82, 2.24) is 5.32 Å². The lowest BCUT2D eigenvalue weighted by atomic mass is 9.88. The second-order valence-corrected chi connectivity index (χ2v) is 5.93. The Morgan fingerprint density at radius 2 is 2.10 bits per heavy atom. The van der Waals surface area contributed by atoms with Crippen LogP contribution in [0.4, 0.5) is 4.39 Å². The number of rotatable bonds is 8. The molecule has 0 aliphatic heterocycles. The van der Waals surface area contributed by atoms with E-state index in [1.807, 2.05) is 0 Å². The molecule has 1 aromatic carbocycles. The maximum absolute atomic E-state index is 13.5. The zero-order chi connectivity index (χ0) is 15.9. The average molecular weight is 297 g/mol. The molecule has 0 amide bonds. The van der Waals surface area contributed by atoms with Gasteiger partial charge in [-0.05, 0) is 42.0 Å². The number of amidine groups is 1. The molecule has 0 aliphatic carbocycles. The summed E-state index contributed by atoms with van der Waals surface area (Å²) in [4.78, 5) is 0. The van der Waals surface area contributed by atoms with Gasteiger partial charge in [0.05, 0.1) is 0 Å². The van der Waals surface area contributed by atoms with Gasteiger partial charge >= 0.3 is 0 Å². The fraction of sp³-hybridized carbons (Fsp3) is 0.533. The fourth-order valence-corrected chi connectivity index (χ4v) is 2.15. The van der Waals surface area contributed by atoms with E-state index in [1.54, 1.807) is 6.07 Å². The molecule has 118 valence electrons. The summed E-state index contributed by atoms with van der Waals surface area (Å²) in [6, 6.07) is 4.33. The molecular weight excluding hydrogens is 273 g/mol. The van der Waals surface area contributed by atoms with Gasteiger partial charge in [0, 0.05) is 25.3 Å². The van der Waals surface area contributed by atoms with Crippen LogP contribution >= 0.6 is 0 Å². The minimum Gasteiger partial charge on any atom is -0.409 e. The highest BCUT2D eigenvalue weighted by molar-refractivity contribution is 5.97. The third-order valence-corrected chi connectivity index (χ3v) is 3.31. The van der Waals surface area contributed by atoms with Crippen molar-refractivity contribution in [1.29, 1.82) is 0 Å². The molecule has 1 aromatic rings. The Hall–Kier alpha value is -1.66. The second-order valence-electron chi connectivity index (χ2n) is 5.93. The smallest absolute Gasteiger partial charge is 0.170 e. The van der Waals surface area contributed by atoms with E-state index in [0.717, 1.165) is 24.9 Å². The van der Waals surface area contributed by atoms with Crippen LogP contribution in [-0.4, -0.2) is 29.3 Å². The molecule has 6 heteroatoms. The summed E-state index contributed by atoms with van der Waals surface area (Å²) in [7, 11) is 0. The van der Waals surface area contributed by atoms with E-state index in [2.05, 4.69) is 24.3 Å². The van der Waals surface area contributed by atoms with Crippen molar-refractivity contribution < 1.29 is 14.7 Å². The lowest BCUT2D eigenvalue weighted by Gasteiger charge is -2.24. The molecule has 0 radical (unpaired) electrons. The zero-order valence-electron chi connectivity index (χ0n) is 12.6. The molecule has 0 heterocycles. The fourth-order valence-electron chi connectivity index (χ4n) is 2.15. The highest BCUT2D eigenvalue weighted by atomic mass is 19.1. The Labute approximate surface area is 124 Å². The van der Waals surface area contributed by atoms with Crippen LogP contribution in [0.2, 0.25) is 0 Å². The maximum atomic E-state index is 13.5. The van der Waals surface area contributed by atoms with Gasteiger partial charge < -0.3 is 21.4 Å². The quantitative estimate of drug-likeness (QED) is 0.255. The molecule has 0 saturated heterocycles. The first kappa shape index (κ1) is 17.4. The Morgan fingerprint density at radius 3 is 2.71 bits per heavy atom. The van der Waals surface area contributed by atoms with E-state index < -0.39 is 5.82 Å². The predicted octanol–water partition coefficient (Wildman–Crippen LogP) is 1.81. The Bertz CT molecular complexity index is 490. The number of hydrogen-bond donors (Lipinski definition) is 4.